The van der Waals surface area contributed by atoms with Crippen LogP contribution in [0, 0.1) is 6.92 Å². The van der Waals surface area contributed by atoms with Crippen molar-refractivity contribution in [3.05, 3.63) is 17.5 Å². The summed E-state index contributed by atoms with van der Waals surface area (Å²) >= 11 is 0. The zero-order chi connectivity index (χ0) is 20.7. The smallest absolute Gasteiger partial charge is 0.409 e. The first-order valence-corrected chi connectivity index (χ1v) is 9.72. The lowest BCUT2D eigenvalue weighted by atomic mass is 10.0. The summed E-state index contributed by atoms with van der Waals surface area (Å²) in [5.41, 5.74) is 1.76. The minimum Gasteiger partial charge on any atom is -0.466 e. The monoisotopic (exact) mass is 394 g/mol. The van der Waals surface area contributed by atoms with Gasteiger partial charge >= 0.3 is 12.1 Å². The molecule has 0 aromatic carbocycles. The fourth-order valence-corrected chi connectivity index (χ4v) is 3.42. The summed E-state index contributed by atoms with van der Waals surface area (Å²) in [5.74, 6) is -0.797. The number of hydrogen-bond acceptors (Lipinski definition) is 6. The van der Waals surface area contributed by atoms with Crippen molar-refractivity contribution in [3.8, 4) is 0 Å². The lowest BCUT2D eigenvalue weighted by Gasteiger charge is -2.38. The maximum absolute atomic E-state index is 12.9. The standard InChI is InChI=1S/C19H30N4O5/c1-5-27-18(25)12-17(24)23(13-16-11-14(3)20-21(16)4)15-7-9-22(10-8-15)19(26)28-6-2/h11,15H,5-10,12-13H2,1-4H3. The van der Waals surface area contributed by atoms with Crippen LogP contribution in [0.4, 0.5) is 4.79 Å². The van der Waals surface area contributed by atoms with Crippen molar-refractivity contribution in [3.63, 3.8) is 0 Å². The molecule has 156 valence electrons. The highest BCUT2D eigenvalue weighted by atomic mass is 16.6. The summed E-state index contributed by atoms with van der Waals surface area (Å²) in [6.07, 6.45) is 0.643. The summed E-state index contributed by atoms with van der Waals surface area (Å²) in [4.78, 5) is 40.0. The molecule has 2 heterocycles. The number of aryl methyl sites for hydroxylation is 2. The Morgan fingerprint density at radius 3 is 2.36 bits per heavy atom. The molecule has 9 heteroatoms. The number of nitrogens with zero attached hydrogens (tertiary/aromatic N) is 4. The molecule has 0 N–H and O–H groups in total. The number of likely N-dealkylation sites (tertiary alicyclic amines) is 1. The van der Waals surface area contributed by atoms with Crippen LogP contribution in [0.2, 0.25) is 0 Å². The molecule has 1 saturated heterocycles. The molecule has 1 aromatic rings. The Morgan fingerprint density at radius 1 is 1.18 bits per heavy atom. The third kappa shape index (κ3) is 5.71. The molecule has 2 rings (SSSR count). The van der Waals surface area contributed by atoms with Gasteiger partial charge < -0.3 is 19.3 Å². The molecular weight excluding hydrogens is 364 g/mol. The van der Waals surface area contributed by atoms with Gasteiger partial charge in [-0.05, 0) is 39.7 Å². The molecular formula is C19H30N4O5. The van der Waals surface area contributed by atoms with E-state index in [1.807, 2.05) is 20.0 Å². The number of carbonyl (C=O) groups excluding carboxylic acids is 3. The lowest BCUT2D eigenvalue weighted by molar-refractivity contribution is -0.150. The Balaban J connectivity index is 2.10. The van der Waals surface area contributed by atoms with Gasteiger partial charge in [0.15, 0.2) is 0 Å². The van der Waals surface area contributed by atoms with E-state index in [2.05, 4.69) is 5.10 Å². The van der Waals surface area contributed by atoms with E-state index >= 15 is 0 Å². The fraction of sp³-hybridized carbons (Fsp3) is 0.684. The summed E-state index contributed by atoms with van der Waals surface area (Å²) in [7, 11) is 1.83. The van der Waals surface area contributed by atoms with Gasteiger partial charge in [0, 0.05) is 26.2 Å². The molecule has 0 bridgehead atoms. The molecule has 0 saturated carbocycles. The van der Waals surface area contributed by atoms with E-state index in [0.29, 0.717) is 39.1 Å². The second kappa shape index (κ2) is 10.1. The highest BCUT2D eigenvalue weighted by Crippen LogP contribution is 2.21. The molecule has 0 unspecified atom stereocenters. The molecule has 0 atom stereocenters. The normalized spacial score (nSPS) is 14.6. The van der Waals surface area contributed by atoms with E-state index in [1.165, 1.54) is 0 Å². The Morgan fingerprint density at radius 2 is 1.82 bits per heavy atom. The summed E-state index contributed by atoms with van der Waals surface area (Å²) in [5, 5.41) is 4.33. The van der Waals surface area contributed by atoms with Crippen molar-refractivity contribution in [2.24, 2.45) is 7.05 Å². The summed E-state index contributed by atoms with van der Waals surface area (Å²) < 4.78 is 11.7. The predicted molar refractivity (Wildman–Crippen MR) is 101 cm³/mol. The van der Waals surface area contributed by atoms with Crippen molar-refractivity contribution in [1.29, 1.82) is 0 Å². The molecule has 1 aliphatic heterocycles. The van der Waals surface area contributed by atoms with Gasteiger partial charge in [0.2, 0.25) is 5.91 Å². The maximum Gasteiger partial charge on any atom is 0.409 e. The summed E-state index contributed by atoms with van der Waals surface area (Å²) in [6, 6.07) is 1.86. The third-order valence-electron chi connectivity index (χ3n) is 4.78. The zero-order valence-electron chi connectivity index (χ0n) is 17.1. The second-order valence-electron chi connectivity index (χ2n) is 6.82. The predicted octanol–water partition coefficient (Wildman–Crippen LogP) is 1.63. The van der Waals surface area contributed by atoms with Gasteiger partial charge in [0.25, 0.3) is 0 Å². The Bertz CT molecular complexity index is 694. The van der Waals surface area contributed by atoms with E-state index in [0.717, 1.165) is 11.4 Å². The second-order valence-corrected chi connectivity index (χ2v) is 6.82. The van der Waals surface area contributed by atoms with Crippen LogP contribution < -0.4 is 0 Å². The van der Waals surface area contributed by atoms with Crippen LogP contribution in [0.1, 0.15) is 44.5 Å². The molecule has 1 fully saturated rings. The molecule has 1 aromatic heterocycles. The number of esters is 1. The molecule has 0 aliphatic carbocycles. The Kier molecular flexibility index (Phi) is 7.83. The van der Waals surface area contributed by atoms with Crippen LogP contribution in [0.25, 0.3) is 0 Å². The Labute approximate surface area is 165 Å². The summed E-state index contributed by atoms with van der Waals surface area (Å²) in [6.45, 7) is 7.34. The van der Waals surface area contributed by atoms with Gasteiger partial charge in [0.05, 0.1) is 31.1 Å². The number of ether oxygens (including phenoxy) is 2. The number of aromatic nitrogens is 2. The van der Waals surface area contributed by atoms with E-state index in [1.54, 1.807) is 28.3 Å². The number of carbonyl (C=O) groups is 3. The van der Waals surface area contributed by atoms with Crippen LogP contribution in [0.3, 0.4) is 0 Å². The van der Waals surface area contributed by atoms with Gasteiger partial charge in [0.1, 0.15) is 6.42 Å². The van der Waals surface area contributed by atoms with Crippen LogP contribution in [0.5, 0.6) is 0 Å². The largest absolute Gasteiger partial charge is 0.466 e. The van der Waals surface area contributed by atoms with Crippen LogP contribution in [-0.2, 0) is 32.7 Å². The number of piperidine rings is 1. The number of rotatable bonds is 7. The minimum atomic E-state index is -0.525. The minimum absolute atomic E-state index is 0.0668. The SMILES string of the molecule is CCOC(=O)CC(=O)N(Cc1cc(C)nn1C)C1CCN(C(=O)OCC)CC1. The van der Waals surface area contributed by atoms with E-state index in [-0.39, 0.29) is 31.1 Å². The molecule has 1 aliphatic rings. The molecule has 28 heavy (non-hydrogen) atoms. The maximum atomic E-state index is 12.9. The van der Waals surface area contributed by atoms with Crippen LogP contribution in [-0.4, -0.2) is 69.9 Å². The molecule has 9 nitrogen and oxygen atoms in total. The van der Waals surface area contributed by atoms with Gasteiger partial charge in [-0.1, -0.05) is 0 Å². The average molecular weight is 394 g/mol. The highest BCUT2D eigenvalue weighted by molar-refractivity contribution is 5.94. The fourth-order valence-electron chi connectivity index (χ4n) is 3.42. The zero-order valence-corrected chi connectivity index (χ0v) is 17.1. The average Bonchev–Trinajstić information content (AvgIpc) is 2.97. The van der Waals surface area contributed by atoms with Crippen molar-refractivity contribution in [2.75, 3.05) is 26.3 Å². The van der Waals surface area contributed by atoms with E-state index in [4.69, 9.17) is 9.47 Å². The number of amides is 2. The third-order valence-corrected chi connectivity index (χ3v) is 4.78. The quantitative estimate of drug-likeness (QED) is 0.515. The van der Waals surface area contributed by atoms with Crippen molar-refractivity contribution in [2.45, 2.75) is 52.6 Å². The van der Waals surface area contributed by atoms with Crippen molar-refractivity contribution >= 4 is 18.0 Å². The van der Waals surface area contributed by atoms with Crippen LogP contribution >= 0.6 is 0 Å². The Hall–Kier alpha value is -2.58. The van der Waals surface area contributed by atoms with Gasteiger partial charge in [-0.15, -0.1) is 0 Å². The highest BCUT2D eigenvalue weighted by Gasteiger charge is 2.31. The molecule has 0 radical (unpaired) electrons. The molecule has 0 spiro atoms. The first kappa shape index (κ1) is 21.7. The van der Waals surface area contributed by atoms with Crippen molar-refractivity contribution < 1.29 is 23.9 Å². The topological polar surface area (TPSA) is 94.0 Å². The number of hydrogen-bond donors (Lipinski definition) is 0. The lowest BCUT2D eigenvalue weighted by Crippen LogP contribution is -2.49. The van der Waals surface area contributed by atoms with Crippen LogP contribution in [0.15, 0.2) is 6.07 Å². The van der Waals surface area contributed by atoms with E-state index < -0.39 is 5.97 Å². The van der Waals surface area contributed by atoms with E-state index in [9.17, 15) is 14.4 Å². The van der Waals surface area contributed by atoms with Gasteiger partial charge in [-0.3, -0.25) is 14.3 Å². The molecule has 2 amide bonds. The van der Waals surface area contributed by atoms with Crippen molar-refractivity contribution in [1.82, 2.24) is 19.6 Å². The van der Waals surface area contributed by atoms with Gasteiger partial charge in [-0.25, -0.2) is 4.79 Å². The first-order chi connectivity index (χ1) is 13.3. The first-order valence-electron chi connectivity index (χ1n) is 9.72. The van der Waals surface area contributed by atoms with Gasteiger partial charge in [-0.2, -0.15) is 5.10 Å².